The van der Waals surface area contributed by atoms with E-state index in [0.29, 0.717) is 31.4 Å². The lowest BCUT2D eigenvalue weighted by molar-refractivity contribution is 0.0663. The number of ether oxygens (including phenoxy) is 1. The molecule has 1 aromatic rings. The lowest BCUT2D eigenvalue weighted by Crippen LogP contribution is -2.27. The average molecular weight is 237 g/mol. The van der Waals surface area contributed by atoms with E-state index in [2.05, 4.69) is 5.32 Å². The van der Waals surface area contributed by atoms with Gasteiger partial charge in [-0.2, -0.15) is 0 Å². The fourth-order valence-electron chi connectivity index (χ4n) is 1.96. The number of anilines is 1. The van der Waals surface area contributed by atoms with Crippen LogP contribution in [0.4, 0.5) is 14.9 Å². The van der Waals surface area contributed by atoms with Gasteiger partial charge in [0.05, 0.1) is 0 Å². The van der Waals surface area contributed by atoms with Crippen LogP contribution in [0.25, 0.3) is 0 Å². The average Bonchev–Trinajstić information content (AvgIpc) is 2.33. The van der Waals surface area contributed by atoms with Crippen LogP contribution in [0.3, 0.4) is 0 Å². The predicted octanol–water partition coefficient (Wildman–Crippen LogP) is 3.52. The van der Waals surface area contributed by atoms with E-state index in [1.54, 1.807) is 12.1 Å². The molecule has 0 saturated heterocycles. The highest BCUT2D eigenvalue weighted by Crippen LogP contribution is 2.23. The summed E-state index contributed by atoms with van der Waals surface area (Å²) in [6.45, 7) is 0. The molecular formula is C13H16FNO2. The number of para-hydroxylation sites is 1. The Morgan fingerprint density at radius 3 is 2.47 bits per heavy atom. The Bertz CT molecular complexity index is 361. The van der Waals surface area contributed by atoms with Gasteiger partial charge in [-0.25, -0.2) is 9.18 Å². The zero-order chi connectivity index (χ0) is 12.1. The molecule has 4 heteroatoms. The quantitative estimate of drug-likeness (QED) is 0.854. The maximum Gasteiger partial charge on any atom is 0.411 e. The third-order valence-electron chi connectivity index (χ3n) is 2.90. The van der Waals surface area contributed by atoms with Gasteiger partial charge in [0.25, 0.3) is 0 Å². The number of carbonyl (C=O) groups excluding carboxylic acids is 1. The van der Waals surface area contributed by atoms with Crippen LogP contribution in [-0.4, -0.2) is 18.4 Å². The third kappa shape index (κ3) is 3.73. The van der Waals surface area contributed by atoms with E-state index in [1.807, 2.05) is 18.2 Å². The molecule has 1 fully saturated rings. The maximum absolute atomic E-state index is 12.9. The van der Waals surface area contributed by atoms with Crippen molar-refractivity contribution in [1.29, 1.82) is 0 Å². The summed E-state index contributed by atoms with van der Waals surface area (Å²) in [5.74, 6) is 0. The van der Waals surface area contributed by atoms with Crippen molar-refractivity contribution in [1.82, 2.24) is 0 Å². The van der Waals surface area contributed by atoms with Gasteiger partial charge in [-0.15, -0.1) is 0 Å². The first-order chi connectivity index (χ1) is 8.24. The second-order valence-electron chi connectivity index (χ2n) is 4.27. The summed E-state index contributed by atoms with van der Waals surface area (Å²) in [5, 5.41) is 2.65. The molecule has 0 atom stereocenters. The van der Waals surface area contributed by atoms with Crippen LogP contribution < -0.4 is 5.32 Å². The standard InChI is InChI=1S/C13H16FNO2/c14-10-6-8-12(9-7-10)17-13(16)15-11-4-2-1-3-5-11/h1-5,10,12H,6-9H2,(H,15,16). The van der Waals surface area contributed by atoms with E-state index in [0.717, 1.165) is 0 Å². The van der Waals surface area contributed by atoms with Crippen molar-refractivity contribution in [2.75, 3.05) is 5.32 Å². The number of benzene rings is 1. The first-order valence-corrected chi connectivity index (χ1v) is 5.91. The molecule has 0 radical (unpaired) electrons. The van der Waals surface area contributed by atoms with Gasteiger partial charge in [0.15, 0.2) is 0 Å². The van der Waals surface area contributed by atoms with Crippen molar-refractivity contribution in [3.05, 3.63) is 30.3 Å². The largest absolute Gasteiger partial charge is 0.446 e. The Hall–Kier alpha value is -1.58. The minimum atomic E-state index is -0.730. The van der Waals surface area contributed by atoms with Gasteiger partial charge in [-0.1, -0.05) is 18.2 Å². The van der Waals surface area contributed by atoms with Crippen LogP contribution in [0.5, 0.6) is 0 Å². The van der Waals surface area contributed by atoms with E-state index in [4.69, 9.17) is 4.74 Å². The number of alkyl halides is 1. The van der Waals surface area contributed by atoms with E-state index >= 15 is 0 Å². The number of nitrogens with one attached hydrogen (secondary N) is 1. The van der Waals surface area contributed by atoms with Crippen molar-refractivity contribution >= 4 is 11.8 Å². The number of carbonyl (C=O) groups is 1. The van der Waals surface area contributed by atoms with Gasteiger partial charge < -0.3 is 4.74 Å². The number of amides is 1. The second-order valence-corrected chi connectivity index (χ2v) is 4.27. The fraction of sp³-hybridized carbons (Fsp3) is 0.462. The predicted molar refractivity (Wildman–Crippen MR) is 63.7 cm³/mol. The molecule has 1 aliphatic carbocycles. The lowest BCUT2D eigenvalue weighted by Gasteiger charge is -2.24. The molecule has 0 heterocycles. The molecule has 0 unspecified atom stereocenters. The highest BCUT2D eigenvalue weighted by Gasteiger charge is 2.23. The van der Waals surface area contributed by atoms with Crippen LogP contribution in [-0.2, 0) is 4.74 Å². The van der Waals surface area contributed by atoms with Crippen molar-refractivity contribution in [2.24, 2.45) is 0 Å². The fourth-order valence-corrected chi connectivity index (χ4v) is 1.96. The lowest BCUT2D eigenvalue weighted by atomic mass is 9.96. The van der Waals surface area contributed by atoms with Gasteiger partial charge >= 0.3 is 6.09 Å². The van der Waals surface area contributed by atoms with Crippen LogP contribution in [0.2, 0.25) is 0 Å². The van der Waals surface area contributed by atoms with E-state index in [9.17, 15) is 9.18 Å². The molecule has 92 valence electrons. The molecule has 1 amide bonds. The summed E-state index contributed by atoms with van der Waals surface area (Å²) in [7, 11) is 0. The molecule has 1 N–H and O–H groups in total. The van der Waals surface area contributed by atoms with Crippen molar-refractivity contribution in [3.8, 4) is 0 Å². The van der Waals surface area contributed by atoms with Crippen LogP contribution in [0.15, 0.2) is 30.3 Å². The SMILES string of the molecule is O=C(Nc1ccccc1)OC1CCC(F)CC1. The summed E-state index contributed by atoms with van der Waals surface area (Å²) < 4.78 is 18.1. The maximum atomic E-state index is 12.9. The Kier molecular flexibility index (Phi) is 3.96. The van der Waals surface area contributed by atoms with Gasteiger partial charge in [0.1, 0.15) is 12.3 Å². The van der Waals surface area contributed by atoms with Crippen molar-refractivity contribution in [2.45, 2.75) is 38.0 Å². The molecule has 1 aliphatic rings. The summed E-state index contributed by atoms with van der Waals surface area (Å²) >= 11 is 0. The van der Waals surface area contributed by atoms with Crippen LogP contribution in [0, 0.1) is 0 Å². The normalized spacial score (nSPS) is 24.1. The summed E-state index contributed by atoms with van der Waals surface area (Å²) in [6, 6.07) is 9.13. The second kappa shape index (κ2) is 5.66. The minimum Gasteiger partial charge on any atom is -0.446 e. The Labute approximate surface area is 100.0 Å². The van der Waals surface area contributed by atoms with Gasteiger partial charge in [-0.05, 0) is 37.8 Å². The van der Waals surface area contributed by atoms with Crippen molar-refractivity contribution < 1.29 is 13.9 Å². The van der Waals surface area contributed by atoms with Crippen molar-refractivity contribution in [3.63, 3.8) is 0 Å². The monoisotopic (exact) mass is 237 g/mol. The molecule has 0 aromatic heterocycles. The zero-order valence-electron chi connectivity index (χ0n) is 9.56. The number of halogens is 1. The molecule has 0 bridgehead atoms. The molecule has 0 aliphatic heterocycles. The van der Waals surface area contributed by atoms with Crippen LogP contribution >= 0.6 is 0 Å². The smallest absolute Gasteiger partial charge is 0.411 e. The highest BCUT2D eigenvalue weighted by atomic mass is 19.1. The van der Waals surface area contributed by atoms with E-state index in [1.165, 1.54) is 0 Å². The first-order valence-electron chi connectivity index (χ1n) is 5.91. The first kappa shape index (κ1) is 11.9. The molecule has 1 aromatic carbocycles. The summed E-state index contributed by atoms with van der Waals surface area (Å²) in [6.07, 6.45) is 0.871. The number of hydrogen-bond acceptors (Lipinski definition) is 2. The molecule has 0 spiro atoms. The molecule has 2 rings (SSSR count). The van der Waals surface area contributed by atoms with Crippen LogP contribution in [0.1, 0.15) is 25.7 Å². The topological polar surface area (TPSA) is 38.3 Å². The molecule has 17 heavy (non-hydrogen) atoms. The van der Waals surface area contributed by atoms with E-state index in [-0.39, 0.29) is 6.10 Å². The Morgan fingerprint density at radius 2 is 1.82 bits per heavy atom. The molecular weight excluding hydrogens is 221 g/mol. The van der Waals surface area contributed by atoms with Gasteiger partial charge in [0, 0.05) is 5.69 Å². The number of hydrogen-bond donors (Lipinski definition) is 1. The minimum absolute atomic E-state index is 0.147. The molecule has 3 nitrogen and oxygen atoms in total. The zero-order valence-corrected chi connectivity index (χ0v) is 9.56. The Morgan fingerprint density at radius 1 is 1.18 bits per heavy atom. The van der Waals surface area contributed by atoms with E-state index < -0.39 is 12.3 Å². The molecule has 1 saturated carbocycles. The number of rotatable bonds is 2. The van der Waals surface area contributed by atoms with Gasteiger partial charge in [-0.3, -0.25) is 5.32 Å². The Balaban J connectivity index is 1.78. The highest BCUT2D eigenvalue weighted by molar-refractivity contribution is 5.84. The summed E-state index contributed by atoms with van der Waals surface area (Å²) in [5.41, 5.74) is 0.705. The van der Waals surface area contributed by atoms with Gasteiger partial charge in [0.2, 0.25) is 0 Å². The third-order valence-corrected chi connectivity index (χ3v) is 2.90. The summed E-state index contributed by atoms with van der Waals surface area (Å²) in [4.78, 5) is 11.5.